The Morgan fingerprint density at radius 3 is 2.57 bits per heavy atom. The minimum atomic E-state index is -0.859. The number of hydrogen-bond acceptors (Lipinski definition) is 3. The van der Waals surface area contributed by atoms with Crippen LogP contribution in [0.1, 0.15) is 16.7 Å². The van der Waals surface area contributed by atoms with Gasteiger partial charge in [0.05, 0.1) is 17.7 Å². The van der Waals surface area contributed by atoms with Gasteiger partial charge < -0.3 is 10.4 Å². The lowest BCUT2D eigenvalue weighted by Crippen LogP contribution is -2.08. The summed E-state index contributed by atoms with van der Waals surface area (Å²) in [5, 5.41) is 21.3. The Kier molecular flexibility index (Phi) is 4.96. The number of carbonyl (C=O) groups is 1. The molecule has 0 amide bonds. The van der Waals surface area contributed by atoms with E-state index in [1.54, 1.807) is 6.07 Å². The predicted octanol–water partition coefficient (Wildman–Crippen LogP) is 3.56. The maximum Gasteiger partial charge on any atom is 0.307 e. The number of carboxylic acid groups (broad SMARTS) is 1. The quantitative estimate of drug-likeness (QED) is 0.869. The Morgan fingerprint density at radius 2 is 1.90 bits per heavy atom. The molecule has 2 N–H and O–H groups in total. The Hall–Kier alpha value is -2.32. The highest BCUT2D eigenvalue weighted by atomic mass is 79.9. The van der Waals surface area contributed by atoms with E-state index in [1.165, 1.54) is 0 Å². The highest BCUT2D eigenvalue weighted by Crippen LogP contribution is 2.24. The van der Waals surface area contributed by atoms with Crippen molar-refractivity contribution in [2.75, 3.05) is 5.32 Å². The van der Waals surface area contributed by atoms with E-state index >= 15 is 0 Å². The number of carboxylic acids is 1. The van der Waals surface area contributed by atoms with E-state index in [2.05, 4.69) is 27.3 Å². The second-order valence-electron chi connectivity index (χ2n) is 4.47. The van der Waals surface area contributed by atoms with Crippen LogP contribution >= 0.6 is 15.9 Å². The van der Waals surface area contributed by atoms with Gasteiger partial charge in [-0.05, 0) is 39.2 Å². The summed E-state index contributed by atoms with van der Waals surface area (Å²) >= 11 is 3.34. The monoisotopic (exact) mass is 344 g/mol. The van der Waals surface area contributed by atoms with E-state index in [-0.39, 0.29) is 6.42 Å². The van der Waals surface area contributed by atoms with Crippen LogP contribution in [0.2, 0.25) is 0 Å². The predicted molar refractivity (Wildman–Crippen MR) is 84.0 cm³/mol. The van der Waals surface area contributed by atoms with Crippen molar-refractivity contribution >= 4 is 27.6 Å². The summed E-state index contributed by atoms with van der Waals surface area (Å²) in [6.07, 6.45) is -0.0125. The van der Waals surface area contributed by atoms with E-state index in [0.29, 0.717) is 12.1 Å². The summed E-state index contributed by atoms with van der Waals surface area (Å²) in [7, 11) is 0. The second kappa shape index (κ2) is 6.91. The van der Waals surface area contributed by atoms with Crippen LogP contribution in [0, 0.1) is 11.3 Å². The number of benzene rings is 2. The molecule has 106 valence electrons. The summed E-state index contributed by atoms with van der Waals surface area (Å²) in [4.78, 5) is 10.9. The van der Waals surface area contributed by atoms with Crippen LogP contribution < -0.4 is 5.32 Å². The fraction of sp³-hybridized carbons (Fsp3) is 0.125. The number of halogens is 1. The highest BCUT2D eigenvalue weighted by molar-refractivity contribution is 9.10. The summed E-state index contributed by atoms with van der Waals surface area (Å²) < 4.78 is 0.730. The molecule has 0 radical (unpaired) electrons. The minimum Gasteiger partial charge on any atom is -0.481 e. The van der Waals surface area contributed by atoms with Crippen LogP contribution in [-0.4, -0.2) is 11.1 Å². The third kappa shape index (κ3) is 3.83. The Balaban J connectivity index is 2.20. The first-order chi connectivity index (χ1) is 10.1. The van der Waals surface area contributed by atoms with Gasteiger partial charge in [0.15, 0.2) is 0 Å². The van der Waals surface area contributed by atoms with Crippen molar-refractivity contribution in [3.8, 4) is 6.07 Å². The number of nitrogens with zero attached hydrogens (tertiary/aromatic N) is 1. The number of nitriles is 1. The number of aliphatic carboxylic acids is 1. The molecule has 0 aromatic heterocycles. The Labute approximate surface area is 131 Å². The first-order valence-corrected chi connectivity index (χ1v) is 7.12. The molecule has 2 aromatic rings. The van der Waals surface area contributed by atoms with Gasteiger partial charge >= 0.3 is 5.97 Å². The van der Waals surface area contributed by atoms with Crippen molar-refractivity contribution in [3.05, 3.63) is 63.6 Å². The molecule has 0 heterocycles. The smallest absolute Gasteiger partial charge is 0.307 e. The third-order valence-electron chi connectivity index (χ3n) is 3.05. The molecule has 2 rings (SSSR count). The Bertz CT molecular complexity index is 708. The molecule has 0 atom stereocenters. The van der Waals surface area contributed by atoms with Gasteiger partial charge in [0.2, 0.25) is 0 Å². The zero-order valence-electron chi connectivity index (χ0n) is 11.1. The van der Waals surface area contributed by atoms with Gasteiger partial charge in [-0.1, -0.05) is 30.3 Å². The van der Waals surface area contributed by atoms with E-state index in [0.717, 1.165) is 21.3 Å². The zero-order valence-corrected chi connectivity index (χ0v) is 12.7. The number of anilines is 1. The molecule has 0 fully saturated rings. The van der Waals surface area contributed by atoms with Crippen LogP contribution in [0.4, 0.5) is 5.69 Å². The first-order valence-electron chi connectivity index (χ1n) is 6.33. The van der Waals surface area contributed by atoms with Gasteiger partial charge in [0.25, 0.3) is 0 Å². The van der Waals surface area contributed by atoms with Crippen molar-refractivity contribution < 1.29 is 9.90 Å². The van der Waals surface area contributed by atoms with E-state index in [9.17, 15) is 10.1 Å². The van der Waals surface area contributed by atoms with Gasteiger partial charge in [0, 0.05) is 11.0 Å². The van der Waals surface area contributed by atoms with Crippen molar-refractivity contribution in [1.29, 1.82) is 5.26 Å². The summed E-state index contributed by atoms with van der Waals surface area (Å²) in [5.41, 5.74) is 2.93. The van der Waals surface area contributed by atoms with Gasteiger partial charge in [0.1, 0.15) is 6.07 Å². The number of rotatable bonds is 5. The molecule has 0 bridgehead atoms. The van der Waals surface area contributed by atoms with Gasteiger partial charge in [-0.2, -0.15) is 5.26 Å². The molecule has 0 aliphatic heterocycles. The van der Waals surface area contributed by atoms with Gasteiger partial charge in [-0.3, -0.25) is 4.79 Å². The van der Waals surface area contributed by atoms with E-state index < -0.39 is 5.97 Å². The molecule has 21 heavy (non-hydrogen) atoms. The van der Waals surface area contributed by atoms with Crippen LogP contribution in [0.3, 0.4) is 0 Å². The van der Waals surface area contributed by atoms with Crippen LogP contribution in [0.15, 0.2) is 46.9 Å². The molecule has 0 saturated heterocycles. The highest BCUT2D eigenvalue weighted by Gasteiger charge is 2.08. The van der Waals surface area contributed by atoms with Crippen LogP contribution in [0.5, 0.6) is 0 Å². The van der Waals surface area contributed by atoms with Crippen molar-refractivity contribution in [2.24, 2.45) is 0 Å². The van der Waals surface area contributed by atoms with Crippen LogP contribution in [-0.2, 0) is 17.8 Å². The minimum absolute atomic E-state index is 0.0125. The lowest BCUT2D eigenvalue weighted by molar-refractivity contribution is -0.136. The average molecular weight is 345 g/mol. The zero-order chi connectivity index (χ0) is 15.2. The van der Waals surface area contributed by atoms with Crippen molar-refractivity contribution in [1.82, 2.24) is 0 Å². The van der Waals surface area contributed by atoms with Crippen molar-refractivity contribution in [2.45, 2.75) is 13.0 Å². The van der Waals surface area contributed by atoms with E-state index in [4.69, 9.17) is 5.11 Å². The van der Waals surface area contributed by atoms with Crippen molar-refractivity contribution in [3.63, 3.8) is 0 Å². The van der Waals surface area contributed by atoms with Crippen LogP contribution in [0.25, 0.3) is 0 Å². The molecule has 0 unspecified atom stereocenters. The summed E-state index contributed by atoms with van der Waals surface area (Å²) in [6.45, 7) is 0.467. The van der Waals surface area contributed by atoms with Gasteiger partial charge in [-0.25, -0.2) is 0 Å². The molecule has 0 aliphatic carbocycles. The largest absolute Gasteiger partial charge is 0.481 e. The topological polar surface area (TPSA) is 73.1 Å². The lowest BCUT2D eigenvalue weighted by atomic mass is 10.0. The fourth-order valence-corrected chi connectivity index (χ4v) is 2.50. The lowest BCUT2D eigenvalue weighted by Gasteiger charge is -2.12. The molecule has 2 aromatic carbocycles. The maximum atomic E-state index is 10.9. The molecular formula is C16H13BrN2O2. The molecular weight excluding hydrogens is 332 g/mol. The standard InChI is InChI=1S/C16H13BrN2O2/c17-14-6-3-7-15(13(14)9-18)19-10-12-5-2-1-4-11(12)8-16(20)21/h1-7,19H,8,10H2,(H,20,21). The summed E-state index contributed by atoms with van der Waals surface area (Å²) in [5.74, 6) is -0.859. The maximum absolute atomic E-state index is 10.9. The molecule has 4 nitrogen and oxygen atoms in total. The van der Waals surface area contributed by atoms with E-state index in [1.807, 2.05) is 36.4 Å². The molecule has 5 heteroatoms. The van der Waals surface area contributed by atoms with Gasteiger partial charge in [-0.15, -0.1) is 0 Å². The molecule has 0 spiro atoms. The first kappa shape index (κ1) is 15.1. The summed E-state index contributed by atoms with van der Waals surface area (Å²) in [6, 6.07) is 15.0. The fourth-order valence-electron chi connectivity index (χ4n) is 2.04. The third-order valence-corrected chi connectivity index (χ3v) is 3.72. The second-order valence-corrected chi connectivity index (χ2v) is 5.32. The number of hydrogen-bond donors (Lipinski definition) is 2. The Morgan fingerprint density at radius 1 is 1.19 bits per heavy atom. The normalized spacial score (nSPS) is 9.90. The SMILES string of the molecule is N#Cc1c(Br)cccc1NCc1ccccc1CC(=O)O. The molecule has 0 aliphatic rings. The average Bonchev–Trinajstić information content (AvgIpc) is 2.46. The molecule has 0 saturated carbocycles. The number of nitrogens with one attached hydrogen (secondary N) is 1.